The third-order valence-corrected chi connectivity index (χ3v) is 4.52. The first-order chi connectivity index (χ1) is 8.85. The number of benzene rings is 1. The van der Waals surface area contributed by atoms with Crippen LogP contribution in [0.25, 0.3) is 0 Å². The molecule has 2 N–H and O–H groups in total. The van der Waals surface area contributed by atoms with E-state index in [0.29, 0.717) is 12.2 Å². The van der Waals surface area contributed by atoms with Gasteiger partial charge in [0.1, 0.15) is 26.4 Å². The Hall–Kier alpha value is -1.21. The molecule has 7 heteroatoms. The fraction of sp³-hybridized carbons (Fsp3) is 0.417. The monoisotopic (exact) mass is 305 g/mol. The summed E-state index contributed by atoms with van der Waals surface area (Å²) >= 11 is 4.68. The van der Waals surface area contributed by atoms with Crippen molar-refractivity contribution in [1.82, 2.24) is 0 Å². The number of nitrogens with two attached hydrogens (primary N) is 1. The molecule has 0 atom stereocenters. The normalized spacial score (nSPS) is 11.3. The number of hydrogen-bond donors (Lipinski definition) is 1. The van der Waals surface area contributed by atoms with Crippen molar-refractivity contribution in [3.63, 3.8) is 0 Å². The Morgan fingerprint density at radius 2 is 2.16 bits per heavy atom. The van der Waals surface area contributed by atoms with Gasteiger partial charge in [0.15, 0.2) is 0 Å². The number of hydrogen-bond acceptors (Lipinski definition) is 4. The second-order valence-corrected chi connectivity index (χ2v) is 6.86. The van der Waals surface area contributed by atoms with Crippen LogP contribution in [0.5, 0.6) is 5.75 Å². The number of rotatable bonds is 7. The van der Waals surface area contributed by atoms with Crippen molar-refractivity contribution in [3.05, 3.63) is 29.6 Å². The molecule has 0 amide bonds. The van der Waals surface area contributed by atoms with Crippen LogP contribution in [-0.4, -0.2) is 31.5 Å². The lowest BCUT2D eigenvalue weighted by atomic mass is 10.2. The van der Waals surface area contributed by atoms with Crippen LogP contribution in [0.4, 0.5) is 4.39 Å². The van der Waals surface area contributed by atoms with E-state index in [1.54, 1.807) is 13.0 Å². The zero-order valence-electron chi connectivity index (χ0n) is 10.6. The van der Waals surface area contributed by atoms with Crippen molar-refractivity contribution < 1.29 is 17.5 Å². The highest BCUT2D eigenvalue weighted by Crippen LogP contribution is 2.16. The SMILES string of the molecule is CCS(=O)(=O)CCCOc1ccc(C(N)=S)c(F)c1. The largest absolute Gasteiger partial charge is 0.493 e. The van der Waals surface area contributed by atoms with E-state index in [9.17, 15) is 12.8 Å². The van der Waals surface area contributed by atoms with Crippen LogP contribution in [0, 0.1) is 5.82 Å². The summed E-state index contributed by atoms with van der Waals surface area (Å²) in [7, 11) is -2.99. The fourth-order valence-corrected chi connectivity index (χ4v) is 2.41. The van der Waals surface area contributed by atoms with Gasteiger partial charge in [-0.2, -0.15) is 0 Å². The van der Waals surface area contributed by atoms with Gasteiger partial charge in [0, 0.05) is 17.4 Å². The molecule has 1 rings (SSSR count). The van der Waals surface area contributed by atoms with Gasteiger partial charge in [-0.05, 0) is 18.6 Å². The van der Waals surface area contributed by atoms with Crippen molar-refractivity contribution in [2.45, 2.75) is 13.3 Å². The quantitative estimate of drug-likeness (QED) is 0.613. The van der Waals surface area contributed by atoms with Crippen molar-refractivity contribution in [2.75, 3.05) is 18.1 Å². The van der Waals surface area contributed by atoms with E-state index in [-0.39, 0.29) is 28.7 Å². The van der Waals surface area contributed by atoms with Crippen LogP contribution >= 0.6 is 12.2 Å². The maximum absolute atomic E-state index is 13.5. The van der Waals surface area contributed by atoms with Gasteiger partial charge in [-0.3, -0.25) is 0 Å². The standard InChI is InChI=1S/C12H16FNO3S2/c1-2-19(15,16)7-3-6-17-9-4-5-10(12(14)18)11(13)8-9/h4-5,8H,2-3,6-7H2,1H3,(H2,14,18). The summed E-state index contributed by atoms with van der Waals surface area (Å²) < 4.78 is 41.3. The summed E-state index contributed by atoms with van der Waals surface area (Å²) in [5, 5.41) is 0. The Bertz CT molecular complexity index is 558. The molecule has 0 radical (unpaired) electrons. The van der Waals surface area contributed by atoms with Gasteiger partial charge in [0.25, 0.3) is 0 Å². The summed E-state index contributed by atoms with van der Waals surface area (Å²) in [6, 6.07) is 4.17. The molecule has 0 bridgehead atoms. The number of thiocarbonyl (C=S) groups is 1. The van der Waals surface area contributed by atoms with Crippen molar-refractivity contribution in [2.24, 2.45) is 5.73 Å². The molecule has 1 aromatic carbocycles. The minimum absolute atomic E-state index is 0.0157. The molecular weight excluding hydrogens is 289 g/mol. The van der Waals surface area contributed by atoms with Crippen LogP contribution in [0.15, 0.2) is 18.2 Å². The highest BCUT2D eigenvalue weighted by atomic mass is 32.2. The molecule has 19 heavy (non-hydrogen) atoms. The second-order valence-electron chi connectivity index (χ2n) is 3.94. The summed E-state index contributed by atoms with van der Waals surface area (Å²) in [5.74, 6) is -0.0427. The van der Waals surface area contributed by atoms with Crippen molar-refractivity contribution >= 4 is 27.0 Å². The number of ether oxygens (including phenoxy) is 1. The first-order valence-corrected chi connectivity index (χ1v) is 8.01. The van der Waals surface area contributed by atoms with Crippen molar-refractivity contribution in [3.8, 4) is 5.75 Å². The van der Waals surface area contributed by atoms with E-state index in [1.165, 1.54) is 12.1 Å². The molecule has 0 unspecified atom stereocenters. The van der Waals surface area contributed by atoms with Crippen molar-refractivity contribution in [1.29, 1.82) is 0 Å². The molecule has 0 aliphatic carbocycles. The van der Waals surface area contributed by atoms with Crippen LogP contribution in [0.3, 0.4) is 0 Å². The van der Waals surface area contributed by atoms with E-state index in [2.05, 4.69) is 12.2 Å². The maximum Gasteiger partial charge on any atom is 0.150 e. The highest BCUT2D eigenvalue weighted by Gasteiger charge is 2.08. The molecule has 0 spiro atoms. The summed E-state index contributed by atoms with van der Waals surface area (Å²) in [6.45, 7) is 1.81. The Morgan fingerprint density at radius 3 is 2.68 bits per heavy atom. The minimum atomic E-state index is -2.99. The van der Waals surface area contributed by atoms with Gasteiger partial charge in [-0.1, -0.05) is 19.1 Å². The van der Waals surface area contributed by atoms with Gasteiger partial charge >= 0.3 is 0 Å². The minimum Gasteiger partial charge on any atom is -0.493 e. The van der Waals surface area contributed by atoms with Gasteiger partial charge in [-0.25, -0.2) is 12.8 Å². The summed E-state index contributed by atoms with van der Waals surface area (Å²) in [6.07, 6.45) is 0.370. The molecule has 0 heterocycles. The third kappa shape index (κ3) is 5.12. The predicted octanol–water partition coefficient (Wildman–Crippen LogP) is 1.66. The predicted molar refractivity (Wildman–Crippen MR) is 76.7 cm³/mol. The van der Waals surface area contributed by atoms with Crippen LogP contribution in [0.1, 0.15) is 18.9 Å². The topological polar surface area (TPSA) is 69.4 Å². The highest BCUT2D eigenvalue weighted by molar-refractivity contribution is 7.91. The Morgan fingerprint density at radius 1 is 1.47 bits per heavy atom. The summed E-state index contributed by atoms with van der Waals surface area (Å²) in [5.41, 5.74) is 5.50. The van der Waals surface area contributed by atoms with Crippen LogP contribution in [0.2, 0.25) is 0 Å². The van der Waals surface area contributed by atoms with Gasteiger partial charge < -0.3 is 10.5 Å². The van der Waals surface area contributed by atoms with E-state index >= 15 is 0 Å². The van der Waals surface area contributed by atoms with E-state index < -0.39 is 15.7 Å². The van der Waals surface area contributed by atoms with Gasteiger partial charge in [0.05, 0.1) is 12.4 Å². The zero-order chi connectivity index (χ0) is 14.5. The van der Waals surface area contributed by atoms with E-state index in [4.69, 9.17) is 10.5 Å². The molecule has 0 saturated carbocycles. The second kappa shape index (κ2) is 6.81. The molecule has 0 aromatic heterocycles. The molecule has 0 aliphatic rings. The average molecular weight is 305 g/mol. The average Bonchev–Trinajstić information content (AvgIpc) is 2.34. The lowest BCUT2D eigenvalue weighted by Gasteiger charge is -2.08. The molecule has 0 fully saturated rings. The number of sulfone groups is 1. The van der Waals surface area contributed by atoms with Gasteiger partial charge in [-0.15, -0.1) is 0 Å². The molecule has 4 nitrogen and oxygen atoms in total. The third-order valence-electron chi connectivity index (χ3n) is 2.51. The molecule has 0 aliphatic heterocycles. The Kier molecular flexibility index (Phi) is 5.68. The van der Waals surface area contributed by atoms with Gasteiger partial charge in [0.2, 0.25) is 0 Å². The molecule has 106 valence electrons. The molecule has 0 saturated heterocycles. The number of halogens is 1. The lowest BCUT2D eigenvalue weighted by Crippen LogP contribution is -2.13. The first-order valence-electron chi connectivity index (χ1n) is 5.78. The Balaban J connectivity index is 2.51. The van der Waals surface area contributed by atoms with Crippen LogP contribution in [-0.2, 0) is 9.84 Å². The summed E-state index contributed by atoms with van der Waals surface area (Å²) in [4.78, 5) is -0.0157. The molecular formula is C12H16FNO3S2. The van der Waals surface area contributed by atoms with E-state index in [0.717, 1.165) is 0 Å². The Labute approximate surface area is 117 Å². The lowest BCUT2D eigenvalue weighted by molar-refractivity contribution is 0.316. The van der Waals surface area contributed by atoms with Crippen LogP contribution < -0.4 is 10.5 Å². The maximum atomic E-state index is 13.5. The first kappa shape index (κ1) is 15.8. The smallest absolute Gasteiger partial charge is 0.150 e. The fourth-order valence-electron chi connectivity index (χ4n) is 1.40. The zero-order valence-corrected chi connectivity index (χ0v) is 12.2. The van der Waals surface area contributed by atoms with E-state index in [1.807, 2.05) is 0 Å². The molecule has 1 aromatic rings.